The number of carbonyl (C=O) groups excluding carboxylic acids is 4. The Bertz CT molecular complexity index is 846. The third kappa shape index (κ3) is 5.45. The molecule has 4 N–H and O–H groups in total. The molecule has 0 bridgehead atoms. The van der Waals surface area contributed by atoms with Crippen molar-refractivity contribution in [3.63, 3.8) is 0 Å². The highest BCUT2D eigenvalue weighted by Crippen LogP contribution is 2.12. The minimum Gasteiger partial charge on any atom is -0.452 e. The maximum atomic E-state index is 11.9. The number of nitrogens with one attached hydrogen (secondary N) is 2. The molecule has 0 unspecified atom stereocenters. The minimum absolute atomic E-state index is 0.123. The van der Waals surface area contributed by atoms with Crippen molar-refractivity contribution >= 4 is 35.1 Å². The van der Waals surface area contributed by atoms with E-state index in [0.717, 1.165) is 0 Å². The van der Waals surface area contributed by atoms with Gasteiger partial charge in [-0.05, 0) is 43.3 Å². The zero-order chi connectivity index (χ0) is 19.1. The number of ketones is 1. The summed E-state index contributed by atoms with van der Waals surface area (Å²) in [6.45, 7) is 0.942. The molecule has 134 valence electrons. The smallest absolute Gasteiger partial charge is 0.338 e. The lowest BCUT2D eigenvalue weighted by Gasteiger charge is -2.08. The summed E-state index contributed by atoms with van der Waals surface area (Å²) >= 11 is 0. The van der Waals surface area contributed by atoms with Crippen molar-refractivity contribution in [1.82, 2.24) is 0 Å². The molecule has 0 spiro atoms. The SMILES string of the molecule is CC(=O)c1cccc(NC(=O)COC(=O)c2ccc(NC(N)=O)cc2)c1. The Morgan fingerprint density at radius 1 is 0.923 bits per heavy atom. The standard InChI is InChI=1S/C18H17N3O5/c1-11(22)13-3-2-4-15(9-13)20-16(23)10-26-17(24)12-5-7-14(8-6-12)21-18(19)25/h2-9H,10H2,1H3,(H,20,23)(H3,19,21,25). The molecule has 0 aliphatic heterocycles. The second kappa shape index (κ2) is 8.43. The van der Waals surface area contributed by atoms with Crippen LogP contribution in [-0.4, -0.2) is 30.3 Å². The highest BCUT2D eigenvalue weighted by atomic mass is 16.5. The number of esters is 1. The van der Waals surface area contributed by atoms with Gasteiger partial charge in [0.05, 0.1) is 5.56 Å². The van der Waals surface area contributed by atoms with Crippen molar-refractivity contribution in [3.8, 4) is 0 Å². The molecule has 8 heteroatoms. The Kier molecular flexibility index (Phi) is 6.05. The van der Waals surface area contributed by atoms with Gasteiger partial charge in [0.2, 0.25) is 0 Å². The highest BCUT2D eigenvalue weighted by molar-refractivity contribution is 5.98. The predicted octanol–water partition coefficient (Wildman–Crippen LogP) is 2.18. The monoisotopic (exact) mass is 355 g/mol. The summed E-state index contributed by atoms with van der Waals surface area (Å²) in [5.41, 5.74) is 6.52. The van der Waals surface area contributed by atoms with Crippen LogP contribution in [0.3, 0.4) is 0 Å². The molecule has 0 aliphatic carbocycles. The Morgan fingerprint density at radius 3 is 2.23 bits per heavy atom. The summed E-state index contributed by atoms with van der Waals surface area (Å²) in [7, 11) is 0. The van der Waals surface area contributed by atoms with Crippen LogP contribution in [0.2, 0.25) is 0 Å². The van der Waals surface area contributed by atoms with Crippen LogP contribution in [0.5, 0.6) is 0 Å². The average molecular weight is 355 g/mol. The zero-order valence-corrected chi connectivity index (χ0v) is 13.9. The first-order valence-corrected chi connectivity index (χ1v) is 7.59. The maximum Gasteiger partial charge on any atom is 0.338 e. The first-order valence-electron chi connectivity index (χ1n) is 7.59. The Morgan fingerprint density at radius 2 is 1.62 bits per heavy atom. The van der Waals surface area contributed by atoms with Gasteiger partial charge in [0, 0.05) is 16.9 Å². The van der Waals surface area contributed by atoms with E-state index >= 15 is 0 Å². The molecule has 0 heterocycles. The molecule has 3 amide bonds. The molecule has 8 nitrogen and oxygen atoms in total. The zero-order valence-electron chi connectivity index (χ0n) is 13.9. The summed E-state index contributed by atoms with van der Waals surface area (Å²) in [6, 6.07) is 11.5. The number of primary amides is 1. The molecule has 2 rings (SSSR count). The summed E-state index contributed by atoms with van der Waals surface area (Å²) in [5.74, 6) is -1.35. The number of rotatable bonds is 6. The van der Waals surface area contributed by atoms with E-state index in [2.05, 4.69) is 10.6 Å². The summed E-state index contributed by atoms with van der Waals surface area (Å²) < 4.78 is 4.93. The minimum atomic E-state index is -0.717. The van der Waals surface area contributed by atoms with E-state index in [1.165, 1.54) is 37.3 Å². The van der Waals surface area contributed by atoms with Crippen LogP contribution >= 0.6 is 0 Å². The summed E-state index contributed by atoms with van der Waals surface area (Å²) in [4.78, 5) is 45.8. The van der Waals surface area contributed by atoms with Gasteiger partial charge in [-0.25, -0.2) is 9.59 Å². The number of nitrogens with two attached hydrogens (primary N) is 1. The molecule has 0 fully saturated rings. The number of hydrogen-bond acceptors (Lipinski definition) is 5. The van der Waals surface area contributed by atoms with E-state index in [0.29, 0.717) is 16.9 Å². The van der Waals surface area contributed by atoms with Gasteiger partial charge in [-0.2, -0.15) is 0 Å². The van der Waals surface area contributed by atoms with Gasteiger partial charge in [-0.1, -0.05) is 12.1 Å². The molecule has 0 aliphatic rings. The van der Waals surface area contributed by atoms with Crippen molar-refractivity contribution < 1.29 is 23.9 Å². The fourth-order valence-electron chi connectivity index (χ4n) is 2.06. The molecule has 0 radical (unpaired) electrons. The van der Waals surface area contributed by atoms with Crippen LogP contribution in [0.1, 0.15) is 27.6 Å². The Hall–Kier alpha value is -3.68. The number of urea groups is 1. The number of anilines is 2. The van der Waals surface area contributed by atoms with E-state index in [1.54, 1.807) is 18.2 Å². The van der Waals surface area contributed by atoms with Gasteiger partial charge in [0.1, 0.15) is 0 Å². The molecule has 0 saturated carbocycles. The first kappa shape index (κ1) is 18.7. The summed E-state index contributed by atoms with van der Waals surface area (Å²) in [6.07, 6.45) is 0. The third-order valence-electron chi connectivity index (χ3n) is 3.28. The Labute approximate surface area is 149 Å². The fourth-order valence-corrected chi connectivity index (χ4v) is 2.06. The van der Waals surface area contributed by atoms with Crippen molar-refractivity contribution in [2.24, 2.45) is 5.73 Å². The van der Waals surface area contributed by atoms with Gasteiger partial charge in [0.25, 0.3) is 5.91 Å². The van der Waals surface area contributed by atoms with Crippen LogP contribution in [0.15, 0.2) is 48.5 Å². The van der Waals surface area contributed by atoms with E-state index in [4.69, 9.17) is 10.5 Å². The second-order valence-electron chi connectivity index (χ2n) is 5.33. The van der Waals surface area contributed by atoms with E-state index in [-0.39, 0.29) is 11.3 Å². The topological polar surface area (TPSA) is 128 Å². The van der Waals surface area contributed by atoms with E-state index in [1.807, 2.05) is 0 Å². The molecule has 0 saturated heterocycles. The van der Waals surface area contributed by atoms with Crippen molar-refractivity contribution in [1.29, 1.82) is 0 Å². The molecular formula is C18H17N3O5. The van der Waals surface area contributed by atoms with Crippen LogP contribution in [0.25, 0.3) is 0 Å². The molecule has 2 aromatic rings. The van der Waals surface area contributed by atoms with Crippen molar-refractivity contribution in [2.45, 2.75) is 6.92 Å². The number of ether oxygens (including phenoxy) is 1. The van der Waals surface area contributed by atoms with Gasteiger partial charge in [0.15, 0.2) is 12.4 Å². The quantitative estimate of drug-likeness (QED) is 0.540. The maximum absolute atomic E-state index is 11.9. The number of carbonyl (C=O) groups is 4. The van der Waals surface area contributed by atoms with Crippen molar-refractivity contribution in [2.75, 3.05) is 17.2 Å². The summed E-state index contributed by atoms with van der Waals surface area (Å²) in [5, 5.41) is 4.90. The fraction of sp³-hybridized carbons (Fsp3) is 0.111. The van der Waals surface area contributed by atoms with Gasteiger partial charge >= 0.3 is 12.0 Å². The average Bonchev–Trinajstić information content (AvgIpc) is 2.60. The predicted molar refractivity (Wildman–Crippen MR) is 95.0 cm³/mol. The van der Waals surface area contributed by atoms with Gasteiger partial charge in [-0.15, -0.1) is 0 Å². The van der Waals surface area contributed by atoms with E-state index in [9.17, 15) is 19.2 Å². The lowest BCUT2D eigenvalue weighted by atomic mass is 10.1. The molecular weight excluding hydrogens is 338 g/mol. The third-order valence-corrected chi connectivity index (χ3v) is 3.28. The molecule has 26 heavy (non-hydrogen) atoms. The van der Waals surface area contributed by atoms with Crippen LogP contribution in [-0.2, 0) is 9.53 Å². The molecule has 0 atom stereocenters. The van der Waals surface area contributed by atoms with Gasteiger partial charge < -0.3 is 21.1 Å². The molecule has 2 aromatic carbocycles. The number of amides is 3. The molecule has 0 aromatic heterocycles. The normalized spacial score (nSPS) is 9.88. The first-order chi connectivity index (χ1) is 12.3. The lowest BCUT2D eigenvalue weighted by Crippen LogP contribution is -2.21. The van der Waals surface area contributed by atoms with Gasteiger partial charge in [-0.3, -0.25) is 9.59 Å². The van der Waals surface area contributed by atoms with Crippen LogP contribution < -0.4 is 16.4 Å². The number of Topliss-reactive ketones (excluding diaryl/α,β-unsaturated/α-hetero) is 1. The number of hydrogen-bond donors (Lipinski definition) is 3. The van der Waals surface area contributed by atoms with Crippen LogP contribution in [0, 0.1) is 0 Å². The largest absolute Gasteiger partial charge is 0.452 e. The Balaban J connectivity index is 1.88. The van der Waals surface area contributed by atoms with Crippen LogP contribution in [0.4, 0.5) is 16.2 Å². The second-order valence-corrected chi connectivity index (χ2v) is 5.33. The highest BCUT2D eigenvalue weighted by Gasteiger charge is 2.11. The van der Waals surface area contributed by atoms with E-state index < -0.39 is 24.5 Å². The van der Waals surface area contributed by atoms with Crippen molar-refractivity contribution in [3.05, 3.63) is 59.7 Å². The number of benzene rings is 2. The lowest BCUT2D eigenvalue weighted by molar-refractivity contribution is -0.119.